The lowest BCUT2D eigenvalue weighted by molar-refractivity contribution is -0.125. The fraction of sp³-hybridized carbons (Fsp3) is 0.316. The Hall–Kier alpha value is -2.67. The Bertz CT molecular complexity index is 858. The van der Waals surface area contributed by atoms with Gasteiger partial charge in [-0.3, -0.25) is 14.5 Å². The number of rotatable bonds is 3. The minimum atomic E-state index is -0.371. The molecular weight excluding hydrogens is 350 g/mol. The number of carbonyl (C=O) groups excluding carboxylic acids is 3. The normalized spacial score (nSPS) is 19.5. The number of urea groups is 1. The van der Waals surface area contributed by atoms with Crippen molar-refractivity contribution >= 4 is 29.2 Å². The third-order valence-corrected chi connectivity index (χ3v) is 6.01. The number of hydrogen-bond acceptors (Lipinski definition) is 4. The van der Waals surface area contributed by atoms with Crippen LogP contribution in [0.2, 0.25) is 0 Å². The maximum absolute atomic E-state index is 12.9. The Labute approximate surface area is 155 Å². The topological polar surface area (TPSA) is 69.7 Å². The molecule has 0 aliphatic carbocycles. The van der Waals surface area contributed by atoms with Crippen LogP contribution in [0.5, 0.6) is 0 Å². The first kappa shape index (κ1) is 16.8. The average Bonchev–Trinajstić information content (AvgIpc) is 3.25. The standard InChI is InChI=1S/C19H19N3O3S/c1-12-15-7-9-26-16(15)6-8-21(12)18(24)14-4-2-13(3-5-14)11-22-17(23)10-20-19(22)25/h2-5,7,9,12H,6,8,10-11H2,1H3,(H,20,25). The summed E-state index contributed by atoms with van der Waals surface area (Å²) in [6, 6.07) is 8.95. The van der Waals surface area contributed by atoms with E-state index in [9.17, 15) is 14.4 Å². The molecule has 1 atom stereocenters. The molecule has 0 saturated carbocycles. The quantitative estimate of drug-likeness (QED) is 0.846. The van der Waals surface area contributed by atoms with Gasteiger partial charge in [0, 0.05) is 17.0 Å². The summed E-state index contributed by atoms with van der Waals surface area (Å²) in [4.78, 5) is 40.6. The molecule has 1 fully saturated rings. The van der Waals surface area contributed by atoms with Crippen LogP contribution in [0.25, 0.3) is 0 Å². The molecule has 0 radical (unpaired) electrons. The van der Waals surface area contributed by atoms with E-state index in [2.05, 4.69) is 23.7 Å². The Morgan fingerprint density at radius 1 is 1.23 bits per heavy atom. The number of carbonyl (C=O) groups is 3. The number of nitrogens with one attached hydrogen (secondary N) is 1. The third kappa shape index (κ3) is 2.88. The number of imide groups is 1. The van der Waals surface area contributed by atoms with Crippen LogP contribution in [0.15, 0.2) is 35.7 Å². The molecule has 3 heterocycles. The van der Waals surface area contributed by atoms with Gasteiger partial charge in [-0.25, -0.2) is 4.79 Å². The summed E-state index contributed by atoms with van der Waals surface area (Å²) in [5, 5.41) is 4.58. The molecule has 134 valence electrons. The summed E-state index contributed by atoms with van der Waals surface area (Å²) in [5.41, 5.74) is 2.68. The van der Waals surface area contributed by atoms with E-state index in [0.29, 0.717) is 5.56 Å². The van der Waals surface area contributed by atoms with Gasteiger partial charge in [0.1, 0.15) is 0 Å². The van der Waals surface area contributed by atoms with Crippen molar-refractivity contribution in [2.24, 2.45) is 0 Å². The third-order valence-electron chi connectivity index (χ3n) is 5.02. The van der Waals surface area contributed by atoms with Crippen molar-refractivity contribution in [1.82, 2.24) is 15.1 Å². The molecule has 4 rings (SSSR count). The van der Waals surface area contributed by atoms with Crippen LogP contribution in [-0.2, 0) is 17.8 Å². The largest absolute Gasteiger partial charge is 0.331 e. The first-order valence-electron chi connectivity index (χ1n) is 8.59. The van der Waals surface area contributed by atoms with Gasteiger partial charge in [-0.05, 0) is 48.1 Å². The lowest BCUT2D eigenvalue weighted by atomic mass is 10.00. The second kappa shape index (κ2) is 6.57. The van der Waals surface area contributed by atoms with Crippen molar-refractivity contribution in [3.8, 4) is 0 Å². The molecule has 0 bridgehead atoms. The lowest BCUT2D eigenvalue weighted by Crippen LogP contribution is -2.38. The molecule has 1 N–H and O–H groups in total. The number of fused-ring (bicyclic) bond motifs is 1. The minimum Gasteiger partial charge on any atom is -0.331 e. The van der Waals surface area contributed by atoms with Crippen LogP contribution in [-0.4, -0.2) is 40.7 Å². The van der Waals surface area contributed by atoms with Crippen LogP contribution in [0, 0.1) is 0 Å². The van der Waals surface area contributed by atoms with E-state index in [1.807, 2.05) is 4.90 Å². The van der Waals surface area contributed by atoms with Crippen molar-refractivity contribution in [3.05, 3.63) is 57.3 Å². The second-order valence-corrected chi connectivity index (χ2v) is 7.56. The van der Waals surface area contributed by atoms with Gasteiger partial charge in [-0.15, -0.1) is 11.3 Å². The molecule has 26 heavy (non-hydrogen) atoms. The lowest BCUT2D eigenvalue weighted by Gasteiger charge is -2.33. The molecule has 1 aromatic heterocycles. The molecule has 1 saturated heterocycles. The highest BCUT2D eigenvalue weighted by molar-refractivity contribution is 7.10. The van der Waals surface area contributed by atoms with E-state index in [1.165, 1.54) is 15.3 Å². The summed E-state index contributed by atoms with van der Waals surface area (Å²) in [6.07, 6.45) is 0.896. The highest BCUT2D eigenvalue weighted by Crippen LogP contribution is 2.33. The van der Waals surface area contributed by atoms with Crippen LogP contribution >= 0.6 is 11.3 Å². The molecule has 4 amide bonds. The number of nitrogens with zero attached hydrogens (tertiary/aromatic N) is 2. The minimum absolute atomic E-state index is 0.0101. The van der Waals surface area contributed by atoms with Gasteiger partial charge >= 0.3 is 6.03 Å². The second-order valence-electron chi connectivity index (χ2n) is 6.56. The first-order chi connectivity index (χ1) is 12.5. The predicted molar refractivity (Wildman–Crippen MR) is 97.9 cm³/mol. The van der Waals surface area contributed by atoms with Crippen molar-refractivity contribution in [2.45, 2.75) is 25.9 Å². The zero-order valence-corrected chi connectivity index (χ0v) is 15.2. The zero-order valence-electron chi connectivity index (χ0n) is 14.4. The van der Waals surface area contributed by atoms with Crippen LogP contribution in [0.4, 0.5) is 4.79 Å². The number of amides is 4. The maximum atomic E-state index is 12.9. The fourth-order valence-corrected chi connectivity index (χ4v) is 4.47. The van der Waals surface area contributed by atoms with E-state index < -0.39 is 0 Å². The van der Waals surface area contributed by atoms with E-state index in [1.54, 1.807) is 35.6 Å². The summed E-state index contributed by atoms with van der Waals surface area (Å²) in [7, 11) is 0. The van der Waals surface area contributed by atoms with Crippen molar-refractivity contribution in [1.29, 1.82) is 0 Å². The van der Waals surface area contributed by atoms with Gasteiger partial charge in [0.05, 0.1) is 19.1 Å². The number of thiophene rings is 1. The average molecular weight is 369 g/mol. The SMILES string of the molecule is CC1c2ccsc2CCN1C(=O)c1ccc(CN2C(=O)CNC2=O)cc1. The molecule has 0 spiro atoms. The fourth-order valence-electron chi connectivity index (χ4n) is 3.50. The molecule has 7 heteroatoms. The molecular formula is C19H19N3O3S. The highest BCUT2D eigenvalue weighted by Gasteiger charge is 2.30. The first-order valence-corrected chi connectivity index (χ1v) is 9.47. The molecule has 2 aliphatic rings. The van der Waals surface area contributed by atoms with Crippen LogP contribution in [0.1, 0.15) is 39.3 Å². The van der Waals surface area contributed by atoms with Crippen LogP contribution < -0.4 is 5.32 Å². The van der Waals surface area contributed by atoms with E-state index in [0.717, 1.165) is 18.5 Å². The van der Waals surface area contributed by atoms with Crippen molar-refractivity contribution in [3.63, 3.8) is 0 Å². The molecule has 1 aromatic carbocycles. The van der Waals surface area contributed by atoms with E-state index in [4.69, 9.17) is 0 Å². The van der Waals surface area contributed by atoms with E-state index >= 15 is 0 Å². The monoisotopic (exact) mass is 369 g/mol. The molecule has 2 aromatic rings. The Kier molecular flexibility index (Phi) is 4.24. The predicted octanol–water partition coefficient (Wildman–Crippen LogP) is 2.56. The Morgan fingerprint density at radius 2 is 2.00 bits per heavy atom. The van der Waals surface area contributed by atoms with Gasteiger partial charge in [-0.2, -0.15) is 0 Å². The highest BCUT2D eigenvalue weighted by atomic mass is 32.1. The van der Waals surface area contributed by atoms with Gasteiger partial charge in [0.25, 0.3) is 5.91 Å². The maximum Gasteiger partial charge on any atom is 0.324 e. The summed E-state index contributed by atoms with van der Waals surface area (Å²) in [6.45, 7) is 3.05. The zero-order chi connectivity index (χ0) is 18.3. The smallest absolute Gasteiger partial charge is 0.324 e. The van der Waals surface area contributed by atoms with Crippen molar-refractivity contribution < 1.29 is 14.4 Å². The number of benzene rings is 1. The summed E-state index contributed by atoms with van der Waals surface area (Å²) >= 11 is 1.75. The van der Waals surface area contributed by atoms with Crippen molar-refractivity contribution in [2.75, 3.05) is 13.1 Å². The Morgan fingerprint density at radius 3 is 2.69 bits per heavy atom. The summed E-state index contributed by atoms with van der Waals surface area (Å²) in [5.74, 6) is -0.222. The summed E-state index contributed by atoms with van der Waals surface area (Å²) < 4.78 is 0. The van der Waals surface area contributed by atoms with Gasteiger partial charge in [-0.1, -0.05) is 12.1 Å². The Balaban J connectivity index is 1.48. The molecule has 6 nitrogen and oxygen atoms in total. The molecule has 1 unspecified atom stereocenters. The van der Waals surface area contributed by atoms with Crippen LogP contribution in [0.3, 0.4) is 0 Å². The van der Waals surface area contributed by atoms with Gasteiger partial charge in [0.2, 0.25) is 5.91 Å². The van der Waals surface area contributed by atoms with E-state index in [-0.39, 0.29) is 37.0 Å². The molecule has 2 aliphatic heterocycles. The number of hydrogen-bond donors (Lipinski definition) is 1. The van der Waals surface area contributed by atoms with Gasteiger partial charge in [0.15, 0.2) is 0 Å². The van der Waals surface area contributed by atoms with Gasteiger partial charge < -0.3 is 10.2 Å².